The number of amides is 1. The third kappa shape index (κ3) is 5.42. The summed E-state index contributed by atoms with van der Waals surface area (Å²) in [6, 6.07) is 6.74. The summed E-state index contributed by atoms with van der Waals surface area (Å²) in [6.45, 7) is -2.57. The summed E-state index contributed by atoms with van der Waals surface area (Å²) in [6.07, 6.45) is 0. The van der Waals surface area contributed by atoms with E-state index >= 15 is 0 Å². The molecule has 0 spiro atoms. The Balaban J connectivity index is 2.31. The molecule has 0 saturated carbocycles. The summed E-state index contributed by atoms with van der Waals surface area (Å²) in [5, 5.41) is 10.3. The molecule has 0 aliphatic rings. The average molecular weight is 324 g/mol. The zero-order valence-electron chi connectivity index (χ0n) is 9.33. The lowest BCUT2D eigenvalue weighted by Gasteiger charge is -2.14. The summed E-state index contributed by atoms with van der Waals surface area (Å²) in [4.78, 5) is 11.2. The predicted octanol–water partition coefficient (Wildman–Crippen LogP) is 1.57. The van der Waals surface area contributed by atoms with E-state index in [1.165, 1.54) is 0 Å². The van der Waals surface area contributed by atoms with Crippen LogP contribution in [0.5, 0.6) is 5.75 Å². The van der Waals surface area contributed by atoms with Gasteiger partial charge >= 0.3 is 0 Å². The normalized spacial score (nSPS) is 11.1. The average Bonchev–Trinajstić information content (AvgIpc) is 2.36. The second kappa shape index (κ2) is 6.65. The van der Waals surface area contributed by atoms with Gasteiger partial charge in [-0.3, -0.25) is 4.79 Å². The molecule has 0 heterocycles. The number of nitrogens with one attached hydrogen (secondary N) is 1. The Morgan fingerprint density at radius 2 is 2.00 bits per heavy atom. The summed E-state index contributed by atoms with van der Waals surface area (Å²) >= 11 is 3.24. The minimum Gasteiger partial charge on any atom is -0.484 e. The van der Waals surface area contributed by atoms with Crippen LogP contribution in [0.3, 0.4) is 0 Å². The van der Waals surface area contributed by atoms with Gasteiger partial charge in [-0.1, -0.05) is 15.9 Å². The number of alkyl halides is 2. The Morgan fingerprint density at radius 3 is 2.56 bits per heavy atom. The highest BCUT2D eigenvalue weighted by Gasteiger charge is 2.28. The maximum absolute atomic E-state index is 12.6. The summed E-state index contributed by atoms with van der Waals surface area (Å²) in [5.41, 5.74) is 0. The zero-order valence-corrected chi connectivity index (χ0v) is 10.9. The fraction of sp³-hybridized carbons (Fsp3) is 0.364. The van der Waals surface area contributed by atoms with Crippen LogP contribution in [0.1, 0.15) is 0 Å². The summed E-state index contributed by atoms with van der Waals surface area (Å²) in [7, 11) is 0. The van der Waals surface area contributed by atoms with E-state index < -0.39 is 25.0 Å². The number of halogens is 3. The number of ether oxygens (including phenoxy) is 1. The van der Waals surface area contributed by atoms with Crippen LogP contribution in [0, 0.1) is 0 Å². The van der Waals surface area contributed by atoms with E-state index in [1.54, 1.807) is 24.3 Å². The predicted molar refractivity (Wildman–Crippen MR) is 64.7 cm³/mol. The lowest BCUT2D eigenvalue weighted by Crippen LogP contribution is -2.40. The third-order valence-electron chi connectivity index (χ3n) is 1.96. The van der Waals surface area contributed by atoms with Gasteiger partial charge in [-0.25, -0.2) is 8.78 Å². The maximum Gasteiger partial charge on any atom is 0.287 e. The van der Waals surface area contributed by atoms with Crippen LogP contribution < -0.4 is 10.1 Å². The van der Waals surface area contributed by atoms with Crippen LogP contribution in [0.25, 0.3) is 0 Å². The number of hydrogen-bond donors (Lipinski definition) is 2. The van der Waals surface area contributed by atoms with Crippen molar-refractivity contribution in [2.24, 2.45) is 0 Å². The van der Waals surface area contributed by atoms with E-state index in [0.717, 1.165) is 4.47 Å². The lowest BCUT2D eigenvalue weighted by molar-refractivity contribution is -0.126. The number of aliphatic hydroxyl groups is 1. The molecule has 1 aromatic rings. The SMILES string of the molecule is O=C(COc1ccc(Br)cc1)NCC(F)(F)CO. The number of hydrogen-bond acceptors (Lipinski definition) is 3. The molecule has 7 heteroatoms. The molecule has 18 heavy (non-hydrogen) atoms. The van der Waals surface area contributed by atoms with Gasteiger partial charge in [0.05, 0.1) is 6.54 Å². The Morgan fingerprint density at radius 1 is 1.39 bits per heavy atom. The van der Waals surface area contributed by atoms with Crippen LogP contribution in [-0.2, 0) is 4.79 Å². The summed E-state index contributed by atoms with van der Waals surface area (Å²) < 4.78 is 31.2. The van der Waals surface area contributed by atoms with E-state index in [0.29, 0.717) is 5.75 Å². The molecule has 0 radical (unpaired) electrons. The van der Waals surface area contributed by atoms with Gasteiger partial charge in [0.1, 0.15) is 12.4 Å². The highest BCUT2D eigenvalue weighted by molar-refractivity contribution is 9.10. The molecule has 0 saturated heterocycles. The molecule has 0 fully saturated rings. The van der Waals surface area contributed by atoms with Gasteiger partial charge in [0, 0.05) is 4.47 Å². The van der Waals surface area contributed by atoms with E-state index in [2.05, 4.69) is 15.9 Å². The second-order valence-electron chi connectivity index (χ2n) is 3.53. The minimum atomic E-state index is -3.31. The van der Waals surface area contributed by atoms with Crippen molar-refractivity contribution in [3.05, 3.63) is 28.7 Å². The fourth-order valence-electron chi connectivity index (χ4n) is 1.01. The maximum atomic E-state index is 12.6. The molecule has 1 aromatic carbocycles. The van der Waals surface area contributed by atoms with Gasteiger partial charge < -0.3 is 15.2 Å². The molecule has 2 N–H and O–H groups in total. The molecule has 100 valence electrons. The van der Waals surface area contributed by atoms with Crippen molar-refractivity contribution >= 4 is 21.8 Å². The Kier molecular flexibility index (Phi) is 5.49. The van der Waals surface area contributed by atoms with Crippen molar-refractivity contribution in [3.8, 4) is 5.75 Å². The van der Waals surface area contributed by atoms with Crippen LogP contribution in [-0.4, -0.2) is 36.7 Å². The largest absolute Gasteiger partial charge is 0.484 e. The number of carbonyl (C=O) groups excluding carboxylic acids is 1. The molecule has 1 amide bonds. The highest BCUT2D eigenvalue weighted by Crippen LogP contribution is 2.16. The quantitative estimate of drug-likeness (QED) is 0.835. The van der Waals surface area contributed by atoms with Crippen LogP contribution in [0.15, 0.2) is 28.7 Å². The Labute approximate surface area is 111 Å². The molecular weight excluding hydrogens is 312 g/mol. The van der Waals surface area contributed by atoms with Crippen molar-refractivity contribution < 1.29 is 23.4 Å². The first-order valence-electron chi connectivity index (χ1n) is 5.07. The molecule has 4 nitrogen and oxygen atoms in total. The van der Waals surface area contributed by atoms with Gasteiger partial charge in [-0.2, -0.15) is 0 Å². The standard InChI is InChI=1S/C11H12BrF2NO3/c12-8-1-3-9(4-2-8)18-5-10(17)15-6-11(13,14)7-16/h1-4,16H,5-7H2,(H,15,17). The van der Waals surface area contributed by atoms with Crippen LogP contribution in [0.4, 0.5) is 8.78 Å². The van der Waals surface area contributed by atoms with E-state index in [-0.39, 0.29) is 6.61 Å². The molecule has 1 rings (SSSR count). The molecular formula is C11H12BrF2NO3. The van der Waals surface area contributed by atoms with Gasteiger partial charge in [0.15, 0.2) is 6.61 Å². The van der Waals surface area contributed by atoms with Crippen LogP contribution >= 0.6 is 15.9 Å². The van der Waals surface area contributed by atoms with E-state index in [4.69, 9.17) is 9.84 Å². The third-order valence-corrected chi connectivity index (χ3v) is 2.49. The van der Waals surface area contributed by atoms with Crippen molar-refractivity contribution in [2.75, 3.05) is 19.8 Å². The minimum absolute atomic E-state index is 0.358. The van der Waals surface area contributed by atoms with Crippen molar-refractivity contribution in [1.29, 1.82) is 0 Å². The molecule has 0 aliphatic heterocycles. The Hall–Kier alpha value is -1.21. The summed E-state index contributed by atoms with van der Waals surface area (Å²) in [5.74, 6) is -3.53. The van der Waals surface area contributed by atoms with Gasteiger partial charge in [-0.15, -0.1) is 0 Å². The van der Waals surface area contributed by atoms with Crippen molar-refractivity contribution in [1.82, 2.24) is 5.32 Å². The first-order valence-corrected chi connectivity index (χ1v) is 5.86. The zero-order chi connectivity index (χ0) is 13.6. The highest BCUT2D eigenvalue weighted by atomic mass is 79.9. The van der Waals surface area contributed by atoms with E-state index in [1.807, 2.05) is 5.32 Å². The van der Waals surface area contributed by atoms with E-state index in [9.17, 15) is 13.6 Å². The molecule has 0 aliphatic carbocycles. The molecule has 0 bridgehead atoms. The number of carbonyl (C=O) groups is 1. The number of benzene rings is 1. The first-order chi connectivity index (χ1) is 8.43. The van der Waals surface area contributed by atoms with Crippen molar-refractivity contribution in [3.63, 3.8) is 0 Å². The smallest absolute Gasteiger partial charge is 0.287 e. The monoisotopic (exact) mass is 323 g/mol. The van der Waals surface area contributed by atoms with Crippen molar-refractivity contribution in [2.45, 2.75) is 5.92 Å². The van der Waals surface area contributed by atoms with Gasteiger partial charge in [0.25, 0.3) is 11.8 Å². The molecule has 0 aromatic heterocycles. The van der Waals surface area contributed by atoms with Gasteiger partial charge in [0.2, 0.25) is 0 Å². The van der Waals surface area contributed by atoms with Crippen LogP contribution in [0.2, 0.25) is 0 Å². The number of aliphatic hydroxyl groups excluding tert-OH is 1. The topological polar surface area (TPSA) is 58.6 Å². The number of rotatable bonds is 6. The second-order valence-corrected chi connectivity index (χ2v) is 4.45. The van der Waals surface area contributed by atoms with Gasteiger partial charge in [-0.05, 0) is 24.3 Å². The first kappa shape index (κ1) is 14.8. The fourth-order valence-corrected chi connectivity index (χ4v) is 1.28. The Bertz CT molecular complexity index is 398. The molecule has 0 unspecified atom stereocenters. The molecule has 0 atom stereocenters. The lowest BCUT2D eigenvalue weighted by atomic mass is 10.3.